The second-order valence-electron chi connectivity index (χ2n) is 5.05. The van der Waals surface area contributed by atoms with Crippen LogP contribution in [0.25, 0.3) is 10.8 Å². The second-order valence-corrected chi connectivity index (χ2v) is 5.05. The largest absolute Gasteiger partial charge is 0.352 e. The van der Waals surface area contributed by atoms with Gasteiger partial charge in [-0.1, -0.05) is 36.4 Å². The summed E-state index contributed by atoms with van der Waals surface area (Å²) in [7, 11) is 0. The summed E-state index contributed by atoms with van der Waals surface area (Å²) >= 11 is 0. The van der Waals surface area contributed by atoms with Crippen molar-refractivity contribution in [2.24, 2.45) is 0 Å². The number of nitrogens with one attached hydrogen (secondary N) is 2. The first-order valence-electron chi connectivity index (χ1n) is 6.79. The zero-order valence-electron chi connectivity index (χ0n) is 11.1. The zero-order chi connectivity index (χ0) is 13.9. The van der Waals surface area contributed by atoms with E-state index in [1.807, 2.05) is 36.4 Å². The molecule has 0 heterocycles. The van der Waals surface area contributed by atoms with Gasteiger partial charge in [-0.3, -0.25) is 9.59 Å². The molecule has 4 nitrogen and oxygen atoms in total. The van der Waals surface area contributed by atoms with Gasteiger partial charge in [0.15, 0.2) is 0 Å². The van der Waals surface area contributed by atoms with Gasteiger partial charge in [0.1, 0.15) is 0 Å². The van der Waals surface area contributed by atoms with Crippen molar-refractivity contribution < 1.29 is 9.59 Å². The van der Waals surface area contributed by atoms with Gasteiger partial charge in [-0.15, -0.1) is 0 Å². The highest BCUT2D eigenvalue weighted by Crippen LogP contribution is 2.19. The zero-order valence-corrected chi connectivity index (χ0v) is 11.1. The van der Waals surface area contributed by atoms with E-state index in [4.69, 9.17) is 0 Å². The van der Waals surface area contributed by atoms with Crippen molar-refractivity contribution in [3.63, 3.8) is 0 Å². The molecule has 0 bridgehead atoms. The van der Waals surface area contributed by atoms with Crippen molar-refractivity contribution in [3.8, 4) is 0 Å². The Morgan fingerprint density at radius 2 is 1.80 bits per heavy atom. The third-order valence-electron chi connectivity index (χ3n) is 3.39. The molecular formula is C16H16N2O2. The molecule has 0 radical (unpaired) electrons. The van der Waals surface area contributed by atoms with Crippen molar-refractivity contribution in [1.29, 1.82) is 0 Å². The first-order valence-corrected chi connectivity index (χ1v) is 6.79. The van der Waals surface area contributed by atoms with Gasteiger partial charge in [0.2, 0.25) is 5.91 Å². The van der Waals surface area contributed by atoms with Crippen LogP contribution in [0.2, 0.25) is 0 Å². The average molecular weight is 268 g/mol. The molecule has 2 aromatic rings. The van der Waals surface area contributed by atoms with Crippen LogP contribution in [0.5, 0.6) is 0 Å². The fraction of sp³-hybridized carbons (Fsp3) is 0.250. The Kier molecular flexibility index (Phi) is 3.37. The predicted octanol–water partition coefficient (Wildman–Crippen LogP) is 1.85. The molecule has 20 heavy (non-hydrogen) atoms. The van der Waals surface area contributed by atoms with Crippen LogP contribution >= 0.6 is 0 Å². The number of fused-ring (bicyclic) bond motifs is 1. The second kappa shape index (κ2) is 5.33. The van der Waals surface area contributed by atoms with Crippen molar-refractivity contribution in [3.05, 3.63) is 48.0 Å². The molecule has 2 amide bonds. The first-order chi connectivity index (χ1) is 9.74. The molecule has 1 fully saturated rings. The highest BCUT2D eigenvalue weighted by atomic mass is 16.2. The van der Waals surface area contributed by atoms with E-state index >= 15 is 0 Å². The van der Waals surface area contributed by atoms with Crippen LogP contribution in [-0.2, 0) is 4.79 Å². The minimum atomic E-state index is -0.215. The molecule has 0 atom stereocenters. The molecule has 0 unspecified atom stereocenters. The Bertz CT molecular complexity index is 657. The smallest absolute Gasteiger partial charge is 0.252 e. The number of carbonyl (C=O) groups excluding carboxylic acids is 2. The number of hydrogen-bond acceptors (Lipinski definition) is 2. The number of amides is 2. The van der Waals surface area contributed by atoms with E-state index in [9.17, 15) is 9.59 Å². The minimum absolute atomic E-state index is 0.0263. The summed E-state index contributed by atoms with van der Waals surface area (Å²) in [6.07, 6.45) is 2.09. The van der Waals surface area contributed by atoms with Crippen molar-refractivity contribution in [2.45, 2.75) is 18.9 Å². The molecule has 1 aliphatic carbocycles. The molecule has 4 heteroatoms. The molecular weight excluding hydrogens is 252 g/mol. The number of benzene rings is 2. The Hall–Kier alpha value is -2.36. The number of carbonyl (C=O) groups is 2. The average Bonchev–Trinajstić information content (AvgIpc) is 3.28. The quantitative estimate of drug-likeness (QED) is 0.889. The van der Waals surface area contributed by atoms with Crippen LogP contribution in [0.4, 0.5) is 0 Å². The maximum Gasteiger partial charge on any atom is 0.252 e. The first kappa shape index (κ1) is 12.7. The Morgan fingerprint density at radius 1 is 1.05 bits per heavy atom. The molecule has 0 aliphatic heterocycles. The molecule has 2 aromatic carbocycles. The van der Waals surface area contributed by atoms with Gasteiger partial charge in [-0.2, -0.15) is 0 Å². The van der Waals surface area contributed by atoms with E-state index in [2.05, 4.69) is 10.6 Å². The predicted molar refractivity (Wildman–Crippen MR) is 77.4 cm³/mol. The summed E-state index contributed by atoms with van der Waals surface area (Å²) in [5.41, 5.74) is 0.599. The maximum absolute atomic E-state index is 12.2. The normalized spacial score (nSPS) is 14.0. The molecule has 0 saturated heterocycles. The van der Waals surface area contributed by atoms with Crippen molar-refractivity contribution in [1.82, 2.24) is 10.6 Å². The van der Waals surface area contributed by atoms with Gasteiger partial charge < -0.3 is 10.6 Å². The highest BCUT2D eigenvalue weighted by molar-refractivity contribution is 6.07. The van der Waals surface area contributed by atoms with Gasteiger partial charge in [0.25, 0.3) is 5.91 Å². The number of rotatable bonds is 4. The van der Waals surface area contributed by atoms with E-state index in [1.54, 1.807) is 6.07 Å². The Labute approximate surface area is 117 Å². The van der Waals surface area contributed by atoms with E-state index in [0.717, 1.165) is 23.6 Å². The highest BCUT2D eigenvalue weighted by Gasteiger charge is 2.23. The van der Waals surface area contributed by atoms with Gasteiger partial charge >= 0.3 is 0 Å². The molecule has 0 spiro atoms. The third kappa shape index (κ3) is 2.79. The Morgan fingerprint density at radius 3 is 2.60 bits per heavy atom. The summed E-state index contributed by atoms with van der Waals surface area (Å²) in [4.78, 5) is 23.7. The summed E-state index contributed by atoms with van der Waals surface area (Å²) in [5.74, 6) is -0.339. The standard InChI is InChI=1S/C16H16N2O2/c19-15(18-12-8-9-12)10-17-16(20)14-7-3-5-11-4-1-2-6-13(11)14/h1-7,12H,8-10H2,(H,17,20)(H,18,19). The van der Waals surface area contributed by atoms with Gasteiger partial charge in [0.05, 0.1) is 6.54 Å². The summed E-state index contributed by atoms with van der Waals surface area (Å²) in [6, 6.07) is 13.6. The van der Waals surface area contributed by atoms with Crippen LogP contribution in [0, 0.1) is 0 Å². The Balaban J connectivity index is 1.70. The lowest BCUT2D eigenvalue weighted by atomic mass is 10.0. The lowest BCUT2D eigenvalue weighted by Gasteiger charge is -2.08. The van der Waals surface area contributed by atoms with Crippen LogP contribution < -0.4 is 10.6 Å². The van der Waals surface area contributed by atoms with Crippen molar-refractivity contribution in [2.75, 3.05) is 6.54 Å². The van der Waals surface area contributed by atoms with E-state index in [0.29, 0.717) is 11.6 Å². The maximum atomic E-state index is 12.2. The topological polar surface area (TPSA) is 58.2 Å². The number of hydrogen-bond donors (Lipinski definition) is 2. The van der Waals surface area contributed by atoms with Gasteiger partial charge in [0, 0.05) is 11.6 Å². The molecule has 1 aliphatic rings. The van der Waals surface area contributed by atoms with Gasteiger partial charge in [-0.05, 0) is 29.7 Å². The lowest BCUT2D eigenvalue weighted by molar-refractivity contribution is -0.120. The molecule has 3 rings (SSSR count). The van der Waals surface area contributed by atoms with E-state index in [-0.39, 0.29) is 18.4 Å². The van der Waals surface area contributed by atoms with Crippen LogP contribution in [0.3, 0.4) is 0 Å². The third-order valence-corrected chi connectivity index (χ3v) is 3.39. The van der Waals surface area contributed by atoms with Crippen LogP contribution in [0.1, 0.15) is 23.2 Å². The van der Waals surface area contributed by atoms with E-state index in [1.165, 1.54) is 0 Å². The SMILES string of the molecule is O=C(CNC(=O)c1cccc2ccccc12)NC1CC1. The lowest BCUT2D eigenvalue weighted by Crippen LogP contribution is -2.37. The van der Waals surface area contributed by atoms with Crippen LogP contribution in [0.15, 0.2) is 42.5 Å². The van der Waals surface area contributed by atoms with Crippen molar-refractivity contribution >= 4 is 22.6 Å². The minimum Gasteiger partial charge on any atom is -0.352 e. The summed E-state index contributed by atoms with van der Waals surface area (Å²) < 4.78 is 0. The molecule has 0 aromatic heterocycles. The summed E-state index contributed by atoms with van der Waals surface area (Å²) in [6.45, 7) is 0.0263. The monoisotopic (exact) mass is 268 g/mol. The van der Waals surface area contributed by atoms with Crippen LogP contribution in [-0.4, -0.2) is 24.4 Å². The summed E-state index contributed by atoms with van der Waals surface area (Å²) in [5, 5.41) is 7.43. The molecule has 1 saturated carbocycles. The van der Waals surface area contributed by atoms with Gasteiger partial charge in [-0.25, -0.2) is 0 Å². The fourth-order valence-corrected chi connectivity index (χ4v) is 2.19. The van der Waals surface area contributed by atoms with E-state index < -0.39 is 0 Å². The molecule has 102 valence electrons. The molecule has 2 N–H and O–H groups in total. The fourth-order valence-electron chi connectivity index (χ4n) is 2.19.